The summed E-state index contributed by atoms with van der Waals surface area (Å²) in [5, 5.41) is 0. The van der Waals surface area contributed by atoms with E-state index in [1.165, 1.54) is 6.07 Å². The second-order valence-electron chi connectivity index (χ2n) is 6.24. The lowest BCUT2D eigenvalue weighted by molar-refractivity contribution is -0.141. The summed E-state index contributed by atoms with van der Waals surface area (Å²) in [5.74, 6) is 2.19. The van der Waals surface area contributed by atoms with Crippen molar-refractivity contribution in [3.8, 4) is 0 Å². The second kappa shape index (κ2) is 5.86. The van der Waals surface area contributed by atoms with Gasteiger partial charge in [0.05, 0.1) is 0 Å². The van der Waals surface area contributed by atoms with Crippen molar-refractivity contribution in [1.82, 2.24) is 14.5 Å². The van der Waals surface area contributed by atoms with Crippen molar-refractivity contribution in [2.75, 3.05) is 18.0 Å². The summed E-state index contributed by atoms with van der Waals surface area (Å²) in [5.41, 5.74) is -0.838. The first-order valence-corrected chi connectivity index (χ1v) is 7.65. The van der Waals surface area contributed by atoms with Crippen molar-refractivity contribution in [3.05, 3.63) is 42.1 Å². The molecule has 2 aromatic rings. The molecular weight excluding hydrogens is 305 g/mol. The maximum Gasteiger partial charge on any atom is 0.433 e. The summed E-state index contributed by atoms with van der Waals surface area (Å²) >= 11 is 0. The summed E-state index contributed by atoms with van der Waals surface area (Å²) in [6.45, 7) is 6.45. The molecule has 3 rings (SSSR count). The van der Waals surface area contributed by atoms with Crippen molar-refractivity contribution in [2.45, 2.75) is 32.5 Å². The van der Waals surface area contributed by atoms with E-state index in [0.717, 1.165) is 18.4 Å². The molecule has 0 unspecified atom stereocenters. The predicted octanol–water partition coefficient (Wildman–Crippen LogP) is 3.56. The number of imidazole rings is 1. The number of halogens is 3. The number of nitrogens with zero attached hydrogens (tertiary/aromatic N) is 4. The lowest BCUT2D eigenvalue weighted by Gasteiger charge is -2.40. The third-order valence-electron chi connectivity index (χ3n) is 4.02. The highest BCUT2D eigenvalue weighted by atomic mass is 19.4. The largest absolute Gasteiger partial charge is 0.433 e. The molecule has 0 spiro atoms. The lowest BCUT2D eigenvalue weighted by atomic mass is 9.99. The Morgan fingerprint density at radius 3 is 2.65 bits per heavy atom. The van der Waals surface area contributed by atoms with Crippen LogP contribution in [-0.4, -0.2) is 27.6 Å². The van der Waals surface area contributed by atoms with Crippen molar-refractivity contribution in [2.24, 2.45) is 5.92 Å². The number of alkyl halides is 3. The maximum absolute atomic E-state index is 12.7. The normalized spacial score (nSPS) is 16.0. The van der Waals surface area contributed by atoms with E-state index in [0.29, 0.717) is 30.7 Å². The topological polar surface area (TPSA) is 34.0 Å². The van der Waals surface area contributed by atoms with Gasteiger partial charge < -0.3 is 9.47 Å². The van der Waals surface area contributed by atoms with Gasteiger partial charge in [-0.1, -0.05) is 19.9 Å². The first-order chi connectivity index (χ1) is 10.8. The van der Waals surface area contributed by atoms with Crippen LogP contribution in [0.15, 0.2) is 30.6 Å². The highest BCUT2D eigenvalue weighted by Crippen LogP contribution is 2.31. The van der Waals surface area contributed by atoms with E-state index < -0.39 is 11.9 Å². The maximum atomic E-state index is 12.7. The highest BCUT2D eigenvalue weighted by molar-refractivity contribution is 5.42. The van der Waals surface area contributed by atoms with E-state index in [1.54, 1.807) is 12.3 Å². The summed E-state index contributed by atoms with van der Waals surface area (Å²) < 4.78 is 40.3. The summed E-state index contributed by atoms with van der Waals surface area (Å²) in [4.78, 5) is 9.96. The molecule has 0 amide bonds. The van der Waals surface area contributed by atoms with E-state index in [-0.39, 0.29) is 0 Å². The molecule has 1 aliphatic rings. The lowest BCUT2D eigenvalue weighted by Crippen LogP contribution is -2.49. The number of pyridine rings is 1. The van der Waals surface area contributed by atoms with Crippen molar-refractivity contribution in [3.63, 3.8) is 0 Å². The zero-order valence-corrected chi connectivity index (χ0v) is 13.1. The summed E-state index contributed by atoms with van der Waals surface area (Å²) in [6.07, 6.45) is -0.649. The van der Waals surface area contributed by atoms with Crippen molar-refractivity contribution in [1.29, 1.82) is 0 Å². The molecule has 0 saturated carbocycles. The molecule has 1 aliphatic heterocycles. The Labute approximate surface area is 133 Å². The molecule has 0 atom stereocenters. The zero-order valence-electron chi connectivity index (χ0n) is 13.1. The molecule has 1 fully saturated rings. The molecule has 23 heavy (non-hydrogen) atoms. The van der Waals surface area contributed by atoms with Crippen LogP contribution < -0.4 is 4.90 Å². The number of aromatic nitrogens is 3. The molecule has 0 radical (unpaired) electrons. The van der Waals surface area contributed by atoms with E-state index in [1.807, 2.05) is 11.1 Å². The Kier molecular flexibility index (Phi) is 4.04. The van der Waals surface area contributed by atoms with Gasteiger partial charge >= 0.3 is 6.18 Å². The van der Waals surface area contributed by atoms with Crippen molar-refractivity contribution < 1.29 is 13.2 Å². The minimum absolute atomic E-state index is 0.353. The third-order valence-corrected chi connectivity index (χ3v) is 4.02. The van der Waals surface area contributed by atoms with Crippen LogP contribution in [-0.2, 0) is 12.7 Å². The first-order valence-electron chi connectivity index (χ1n) is 7.65. The second-order valence-corrected chi connectivity index (χ2v) is 6.24. The van der Waals surface area contributed by atoms with E-state index in [9.17, 15) is 13.2 Å². The van der Waals surface area contributed by atoms with Crippen LogP contribution >= 0.6 is 0 Å². The fourth-order valence-electron chi connectivity index (χ4n) is 2.88. The Morgan fingerprint density at radius 2 is 2.00 bits per heavy atom. The Bertz CT molecular complexity index is 672. The summed E-state index contributed by atoms with van der Waals surface area (Å²) in [6, 6.07) is 4.04. The Morgan fingerprint density at radius 1 is 1.26 bits per heavy atom. The van der Waals surface area contributed by atoms with E-state index in [4.69, 9.17) is 0 Å². The van der Waals surface area contributed by atoms with Crippen LogP contribution in [0.1, 0.15) is 31.3 Å². The van der Waals surface area contributed by atoms with Gasteiger partial charge in [0.15, 0.2) is 0 Å². The average molecular weight is 324 g/mol. The van der Waals surface area contributed by atoms with E-state index in [2.05, 4.69) is 28.4 Å². The number of rotatable bonds is 4. The molecule has 3 heterocycles. The molecule has 0 aromatic carbocycles. The monoisotopic (exact) mass is 324 g/mol. The van der Waals surface area contributed by atoms with E-state index >= 15 is 0 Å². The fraction of sp³-hybridized carbons (Fsp3) is 0.500. The quantitative estimate of drug-likeness (QED) is 0.862. The molecule has 7 heteroatoms. The van der Waals surface area contributed by atoms with Gasteiger partial charge in [-0.2, -0.15) is 13.2 Å². The average Bonchev–Trinajstić information content (AvgIpc) is 2.90. The molecular formula is C16H19F3N4. The van der Waals surface area contributed by atoms with Gasteiger partial charge in [-0.25, -0.2) is 9.97 Å². The van der Waals surface area contributed by atoms with Gasteiger partial charge in [-0.15, -0.1) is 0 Å². The smallest absolute Gasteiger partial charge is 0.356 e. The predicted molar refractivity (Wildman–Crippen MR) is 81.3 cm³/mol. The fourth-order valence-corrected chi connectivity index (χ4v) is 2.88. The minimum atomic E-state index is -4.40. The molecule has 2 aromatic heterocycles. The van der Waals surface area contributed by atoms with Gasteiger partial charge in [0.1, 0.15) is 17.3 Å². The zero-order chi connectivity index (χ0) is 16.6. The molecule has 0 aliphatic carbocycles. The number of anilines is 1. The van der Waals surface area contributed by atoms with Crippen LogP contribution in [0.5, 0.6) is 0 Å². The first kappa shape index (κ1) is 15.8. The summed E-state index contributed by atoms with van der Waals surface area (Å²) in [7, 11) is 0. The van der Waals surface area contributed by atoms with Gasteiger partial charge in [-0.05, 0) is 12.1 Å². The molecule has 124 valence electrons. The molecule has 0 bridgehead atoms. The van der Waals surface area contributed by atoms with Gasteiger partial charge in [0.2, 0.25) is 0 Å². The number of hydrogen-bond acceptors (Lipinski definition) is 3. The Hall–Kier alpha value is -2.05. The molecule has 4 nitrogen and oxygen atoms in total. The minimum Gasteiger partial charge on any atom is -0.356 e. The van der Waals surface area contributed by atoms with Crippen molar-refractivity contribution >= 4 is 5.82 Å². The standard InChI is InChI=1S/C16H19F3N4/c1-11(2)15-20-6-7-22(15)8-12-9-23(10-12)14-5-3-4-13(21-14)16(17,18)19/h3-7,11-12H,8-10H2,1-2H3. The molecule has 0 N–H and O–H groups in total. The van der Waals surface area contributed by atoms with Crippen LogP contribution in [0, 0.1) is 5.92 Å². The van der Waals surface area contributed by atoms with Gasteiger partial charge in [0, 0.05) is 43.9 Å². The van der Waals surface area contributed by atoms with Crippen LogP contribution in [0.25, 0.3) is 0 Å². The van der Waals surface area contributed by atoms with Crippen LogP contribution in [0.2, 0.25) is 0 Å². The van der Waals surface area contributed by atoms with Crippen LogP contribution in [0.3, 0.4) is 0 Å². The SMILES string of the molecule is CC(C)c1nccn1CC1CN(c2cccc(C(F)(F)F)n2)C1. The van der Waals surface area contributed by atoms with Gasteiger partial charge in [-0.3, -0.25) is 0 Å². The Balaban J connectivity index is 1.62. The highest BCUT2D eigenvalue weighted by Gasteiger charge is 2.34. The van der Waals surface area contributed by atoms with Crippen LogP contribution in [0.4, 0.5) is 19.0 Å². The third kappa shape index (κ3) is 3.33. The van der Waals surface area contributed by atoms with Gasteiger partial charge in [0.25, 0.3) is 0 Å². The molecule has 1 saturated heterocycles. The number of hydrogen-bond donors (Lipinski definition) is 0.